The fourth-order valence-electron chi connectivity index (χ4n) is 4.09. The number of nitrogens with one attached hydrogen (secondary N) is 1. The van der Waals surface area contributed by atoms with Gasteiger partial charge in [0.05, 0.1) is 11.3 Å². The topological polar surface area (TPSA) is 139 Å². The maximum Gasteiger partial charge on any atom is 0.281 e. The van der Waals surface area contributed by atoms with Crippen molar-refractivity contribution in [3.8, 4) is 17.0 Å². The van der Waals surface area contributed by atoms with Crippen molar-refractivity contribution >= 4 is 27.6 Å². The number of carbonyl (C=O) groups is 1. The number of nitrogen functional groups attached to an aromatic ring is 1. The van der Waals surface area contributed by atoms with Crippen molar-refractivity contribution < 1.29 is 18.3 Å². The molecule has 2 aromatic heterocycles. The normalized spacial score (nSPS) is 17.5. The molecule has 9 nitrogen and oxygen atoms in total. The van der Waals surface area contributed by atoms with E-state index in [0.717, 1.165) is 6.42 Å². The van der Waals surface area contributed by atoms with Gasteiger partial charge in [-0.3, -0.25) is 4.79 Å². The highest BCUT2D eigenvalue weighted by Crippen LogP contribution is 2.40. The molecule has 0 saturated carbocycles. The van der Waals surface area contributed by atoms with Gasteiger partial charge in [-0.1, -0.05) is 25.1 Å². The molecule has 1 saturated heterocycles. The molecular formula is C24H27N5O4S. The number of phenols is 1. The van der Waals surface area contributed by atoms with Crippen LogP contribution < -0.4 is 15.4 Å². The quantitative estimate of drug-likeness (QED) is 0.505. The number of amides is 1. The van der Waals surface area contributed by atoms with Crippen LogP contribution in [0.3, 0.4) is 0 Å². The van der Waals surface area contributed by atoms with Crippen LogP contribution in [-0.4, -0.2) is 41.5 Å². The number of nitrogens with two attached hydrogens (primary N) is 1. The Morgan fingerprint density at radius 2 is 1.85 bits per heavy atom. The fourth-order valence-corrected chi connectivity index (χ4v) is 5.03. The summed E-state index contributed by atoms with van der Waals surface area (Å²) in [7, 11) is -4.26. The molecule has 4 rings (SSSR count). The summed E-state index contributed by atoms with van der Waals surface area (Å²) in [5, 5.41) is 9.96. The number of aromatic nitrogens is 2. The van der Waals surface area contributed by atoms with E-state index in [9.17, 15) is 18.3 Å². The number of benzene rings is 1. The van der Waals surface area contributed by atoms with Crippen molar-refractivity contribution in [2.45, 2.75) is 37.8 Å². The first kappa shape index (κ1) is 23.5. The van der Waals surface area contributed by atoms with E-state index in [1.165, 1.54) is 24.3 Å². The molecule has 4 N–H and O–H groups in total. The van der Waals surface area contributed by atoms with Crippen LogP contribution in [0.2, 0.25) is 0 Å². The van der Waals surface area contributed by atoms with Crippen molar-refractivity contribution in [2.75, 3.05) is 17.2 Å². The van der Waals surface area contributed by atoms with Crippen molar-refractivity contribution in [1.29, 1.82) is 0 Å². The maximum atomic E-state index is 13.2. The number of nitrogens with zero attached hydrogens (tertiary/aromatic N) is 3. The number of para-hydroxylation sites is 1. The van der Waals surface area contributed by atoms with Gasteiger partial charge in [-0.25, -0.2) is 14.7 Å². The molecule has 1 fully saturated rings. The maximum absolute atomic E-state index is 13.2. The van der Waals surface area contributed by atoms with Gasteiger partial charge in [0.25, 0.3) is 15.9 Å². The Balaban J connectivity index is 1.79. The summed E-state index contributed by atoms with van der Waals surface area (Å²) < 4.78 is 27.7. The zero-order chi connectivity index (χ0) is 24.7. The number of anilines is 2. The Labute approximate surface area is 198 Å². The van der Waals surface area contributed by atoms with Gasteiger partial charge in [0.15, 0.2) is 5.03 Å². The minimum Gasteiger partial charge on any atom is -0.507 e. The van der Waals surface area contributed by atoms with Crippen LogP contribution in [0, 0.1) is 5.92 Å². The second-order valence-electron chi connectivity index (χ2n) is 8.92. The van der Waals surface area contributed by atoms with E-state index in [4.69, 9.17) is 10.7 Å². The Bertz CT molecular complexity index is 1360. The summed E-state index contributed by atoms with van der Waals surface area (Å²) in [4.78, 5) is 23.8. The standard InChI is InChI=1S/C24H27N5O4S/c1-15-13-14-29(24(15,2)3)22-17(11-12-18(26-22)16-7-4-5-8-19(16)30)23(31)28-34(32,33)21-10-6-9-20(25)27-21/h4-12,15,30H,13-14H2,1-3H3,(H2,25,27)(H,28,31). The summed E-state index contributed by atoms with van der Waals surface area (Å²) in [5.74, 6) is -0.0755. The first-order valence-corrected chi connectivity index (χ1v) is 12.4. The third-order valence-electron chi connectivity index (χ3n) is 6.49. The zero-order valence-corrected chi connectivity index (χ0v) is 20.0. The lowest BCUT2D eigenvalue weighted by Gasteiger charge is -2.36. The summed E-state index contributed by atoms with van der Waals surface area (Å²) in [5.41, 5.74) is 6.37. The molecule has 3 aromatic rings. The molecular weight excluding hydrogens is 454 g/mol. The molecule has 1 unspecified atom stereocenters. The van der Waals surface area contributed by atoms with Crippen LogP contribution in [0.5, 0.6) is 5.75 Å². The molecule has 1 aromatic carbocycles. The van der Waals surface area contributed by atoms with Crippen molar-refractivity contribution in [2.24, 2.45) is 5.92 Å². The van der Waals surface area contributed by atoms with Gasteiger partial charge in [0, 0.05) is 17.6 Å². The Hall–Kier alpha value is -3.66. The molecule has 0 radical (unpaired) electrons. The summed E-state index contributed by atoms with van der Waals surface area (Å²) in [6.07, 6.45) is 0.891. The molecule has 3 heterocycles. The van der Waals surface area contributed by atoms with Gasteiger partial charge in [-0.05, 0) is 62.6 Å². The van der Waals surface area contributed by atoms with E-state index in [2.05, 4.69) is 30.5 Å². The third-order valence-corrected chi connectivity index (χ3v) is 7.72. The average Bonchev–Trinajstić information content (AvgIpc) is 3.05. The van der Waals surface area contributed by atoms with Gasteiger partial charge >= 0.3 is 0 Å². The number of rotatable bonds is 5. The third kappa shape index (κ3) is 4.28. The lowest BCUT2D eigenvalue weighted by atomic mass is 9.90. The number of carbonyl (C=O) groups excluding carboxylic acids is 1. The first-order valence-electron chi connectivity index (χ1n) is 10.9. The monoisotopic (exact) mass is 481 g/mol. The fraction of sp³-hybridized carbons (Fsp3) is 0.292. The van der Waals surface area contributed by atoms with Crippen LogP contribution in [0.25, 0.3) is 11.3 Å². The van der Waals surface area contributed by atoms with Crippen molar-refractivity contribution in [1.82, 2.24) is 14.7 Å². The van der Waals surface area contributed by atoms with Gasteiger partial charge in [0.2, 0.25) is 0 Å². The Morgan fingerprint density at radius 1 is 1.12 bits per heavy atom. The molecule has 1 aliphatic rings. The molecule has 1 amide bonds. The van der Waals surface area contributed by atoms with E-state index in [-0.39, 0.29) is 27.7 Å². The number of phenolic OH excluding ortho intramolecular Hbond substituents is 1. The van der Waals surface area contributed by atoms with Crippen molar-refractivity contribution in [3.63, 3.8) is 0 Å². The highest BCUT2D eigenvalue weighted by Gasteiger charge is 2.41. The highest BCUT2D eigenvalue weighted by molar-refractivity contribution is 7.90. The molecule has 1 aliphatic heterocycles. The van der Waals surface area contributed by atoms with Crippen molar-refractivity contribution in [3.05, 3.63) is 60.2 Å². The minimum atomic E-state index is -4.26. The minimum absolute atomic E-state index is 0.0255. The summed E-state index contributed by atoms with van der Waals surface area (Å²) >= 11 is 0. The predicted molar refractivity (Wildman–Crippen MR) is 130 cm³/mol. The molecule has 10 heteroatoms. The second kappa shape index (κ2) is 8.60. The number of sulfonamides is 1. The van der Waals surface area contributed by atoms with E-state index in [0.29, 0.717) is 29.5 Å². The largest absolute Gasteiger partial charge is 0.507 e. The van der Waals surface area contributed by atoms with E-state index in [1.807, 2.05) is 4.90 Å². The number of hydrogen-bond acceptors (Lipinski definition) is 8. The lowest BCUT2D eigenvalue weighted by Crippen LogP contribution is -2.43. The molecule has 0 bridgehead atoms. The lowest BCUT2D eigenvalue weighted by molar-refractivity contribution is 0.0981. The highest BCUT2D eigenvalue weighted by atomic mass is 32.2. The molecule has 178 valence electrons. The SMILES string of the molecule is CC1CCN(c2nc(-c3ccccc3O)ccc2C(=O)NS(=O)(=O)c2cccc(N)n2)C1(C)C. The van der Waals surface area contributed by atoms with Crippen LogP contribution in [0.15, 0.2) is 59.6 Å². The molecule has 1 atom stereocenters. The zero-order valence-electron chi connectivity index (χ0n) is 19.2. The number of aromatic hydroxyl groups is 1. The van der Waals surface area contributed by atoms with Crippen LogP contribution >= 0.6 is 0 Å². The Kier molecular flexibility index (Phi) is 5.94. The predicted octanol–water partition coefficient (Wildman–Crippen LogP) is 3.17. The van der Waals surface area contributed by atoms with Gasteiger partial charge in [0.1, 0.15) is 17.4 Å². The smallest absolute Gasteiger partial charge is 0.281 e. The molecule has 34 heavy (non-hydrogen) atoms. The van der Waals surface area contributed by atoms with E-state index in [1.54, 1.807) is 30.3 Å². The molecule has 0 spiro atoms. The summed E-state index contributed by atoms with van der Waals surface area (Å²) in [6.45, 7) is 6.90. The van der Waals surface area contributed by atoms with E-state index >= 15 is 0 Å². The summed E-state index contributed by atoms with van der Waals surface area (Å²) in [6, 6.07) is 14.1. The first-order chi connectivity index (χ1) is 16.0. The number of hydrogen-bond donors (Lipinski definition) is 3. The van der Waals surface area contributed by atoms with Crippen LogP contribution in [-0.2, 0) is 10.0 Å². The van der Waals surface area contributed by atoms with Gasteiger partial charge in [-0.15, -0.1) is 0 Å². The Morgan fingerprint density at radius 3 is 2.50 bits per heavy atom. The van der Waals surface area contributed by atoms with Crippen LogP contribution in [0.1, 0.15) is 37.6 Å². The van der Waals surface area contributed by atoms with E-state index < -0.39 is 15.9 Å². The second-order valence-corrected chi connectivity index (χ2v) is 10.5. The van der Waals surface area contributed by atoms with Gasteiger partial charge in [-0.2, -0.15) is 8.42 Å². The van der Waals surface area contributed by atoms with Gasteiger partial charge < -0.3 is 15.7 Å². The molecule has 0 aliphatic carbocycles. The average molecular weight is 482 g/mol. The van der Waals surface area contributed by atoms with Crippen LogP contribution in [0.4, 0.5) is 11.6 Å². The number of pyridine rings is 2.